The maximum atomic E-state index is 11.4. The molecule has 0 aliphatic rings. The Morgan fingerprint density at radius 3 is 2.35 bits per heavy atom. The maximum absolute atomic E-state index is 11.4. The molecule has 102 valence electrons. The first-order valence-corrected chi connectivity index (χ1v) is 6.28. The minimum atomic E-state index is -0.888. The summed E-state index contributed by atoms with van der Waals surface area (Å²) in [7, 11) is 3.44. The van der Waals surface area contributed by atoms with Crippen LogP contribution in [-0.4, -0.2) is 43.2 Å². The number of ether oxygens (including phenoxy) is 1. The van der Waals surface area contributed by atoms with Crippen molar-refractivity contribution in [2.24, 2.45) is 11.7 Å². The van der Waals surface area contributed by atoms with E-state index < -0.39 is 5.54 Å². The molecule has 0 aromatic rings. The Morgan fingerprint density at radius 1 is 1.41 bits per heavy atom. The van der Waals surface area contributed by atoms with Gasteiger partial charge in [0.25, 0.3) is 0 Å². The van der Waals surface area contributed by atoms with E-state index in [9.17, 15) is 4.79 Å². The molecule has 0 rings (SSSR count). The molecule has 0 fully saturated rings. The highest BCUT2D eigenvalue weighted by Gasteiger charge is 2.29. The van der Waals surface area contributed by atoms with Gasteiger partial charge in [0, 0.05) is 12.6 Å². The van der Waals surface area contributed by atoms with Crippen LogP contribution in [0, 0.1) is 5.92 Å². The summed E-state index contributed by atoms with van der Waals surface area (Å²) in [6.07, 6.45) is 1.76. The standard InChI is InChI=1S/C13H28N2O2/c1-10(2)9-11(3)15(5)8-7-13(4,14)12(16)17-6/h10-11H,7-9,14H2,1-6H3. The van der Waals surface area contributed by atoms with Crippen molar-refractivity contribution in [1.29, 1.82) is 0 Å². The lowest BCUT2D eigenvalue weighted by atomic mass is 9.98. The molecule has 0 bridgehead atoms. The molecule has 0 amide bonds. The van der Waals surface area contributed by atoms with E-state index in [1.165, 1.54) is 7.11 Å². The first kappa shape index (κ1) is 16.4. The fourth-order valence-corrected chi connectivity index (χ4v) is 1.83. The molecule has 0 aromatic heterocycles. The number of rotatable bonds is 7. The van der Waals surface area contributed by atoms with Gasteiger partial charge in [-0.05, 0) is 39.7 Å². The summed E-state index contributed by atoms with van der Waals surface area (Å²) in [6, 6.07) is 0.503. The minimum absolute atomic E-state index is 0.345. The number of hydrogen-bond acceptors (Lipinski definition) is 4. The van der Waals surface area contributed by atoms with Gasteiger partial charge in [0.15, 0.2) is 0 Å². The van der Waals surface area contributed by atoms with Crippen LogP contribution in [-0.2, 0) is 9.53 Å². The van der Waals surface area contributed by atoms with E-state index in [1.807, 2.05) is 0 Å². The van der Waals surface area contributed by atoms with E-state index in [0.29, 0.717) is 18.4 Å². The van der Waals surface area contributed by atoms with Crippen molar-refractivity contribution in [3.8, 4) is 0 Å². The molecule has 2 N–H and O–H groups in total. The third-order valence-electron chi connectivity index (χ3n) is 3.20. The molecule has 0 aromatic carbocycles. The molecule has 0 saturated carbocycles. The molecule has 4 heteroatoms. The van der Waals surface area contributed by atoms with Gasteiger partial charge in [0.1, 0.15) is 5.54 Å². The Labute approximate surface area is 105 Å². The number of methoxy groups -OCH3 is 1. The highest BCUT2D eigenvalue weighted by molar-refractivity contribution is 5.79. The Bertz CT molecular complexity index is 240. The van der Waals surface area contributed by atoms with Crippen LogP contribution in [0.25, 0.3) is 0 Å². The second-order valence-corrected chi connectivity index (χ2v) is 5.62. The third kappa shape index (κ3) is 6.03. The van der Waals surface area contributed by atoms with E-state index in [-0.39, 0.29) is 5.97 Å². The zero-order chi connectivity index (χ0) is 13.6. The van der Waals surface area contributed by atoms with Gasteiger partial charge < -0.3 is 15.4 Å². The van der Waals surface area contributed by atoms with Crippen molar-refractivity contribution in [3.63, 3.8) is 0 Å². The van der Waals surface area contributed by atoms with Crippen molar-refractivity contribution >= 4 is 5.97 Å². The van der Waals surface area contributed by atoms with Crippen LogP contribution in [0.15, 0.2) is 0 Å². The van der Waals surface area contributed by atoms with Crippen LogP contribution >= 0.6 is 0 Å². The predicted molar refractivity (Wildman–Crippen MR) is 70.8 cm³/mol. The van der Waals surface area contributed by atoms with Crippen LogP contribution in [0.5, 0.6) is 0 Å². The van der Waals surface area contributed by atoms with E-state index in [4.69, 9.17) is 5.73 Å². The maximum Gasteiger partial charge on any atom is 0.325 e. The van der Waals surface area contributed by atoms with Gasteiger partial charge in [-0.2, -0.15) is 0 Å². The first-order chi connectivity index (χ1) is 7.70. The summed E-state index contributed by atoms with van der Waals surface area (Å²) in [6.45, 7) is 9.15. The number of esters is 1. The number of nitrogens with zero attached hydrogens (tertiary/aromatic N) is 1. The van der Waals surface area contributed by atoms with Gasteiger partial charge in [-0.1, -0.05) is 13.8 Å². The Morgan fingerprint density at radius 2 is 1.94 bits per heavy atom. The van der Waals surface area contributed by atoms with E-state index in [1.54, 1.807) is 6.92 Å². The lowest BCUT2D eigenvalue weighted by Crippen LogP contribution is -2.48. The Hall–Kier alpha value is -0.610. The summed E-state index contributed by atoms with van der Waals surface area (Å²) in [5, 5.41) is 0. The highest BCUT2D eigenvalue weighted by atomic mass is 16.5. The van der Waals surface area contributed by atoms with Gasteiger partial charge in [-0.25, -0.2) is 0 Å². The average Bonchev–Trinajstić information content (AvgIpc) is 2.23. The molecule has 17 heavy (non-hydrogen) atoms. The van der Waals surface area contributed by atoms with Crippen LogP contribution in [0.1, 0.15) is 40.5 Å². The lowest BCUT2D eigenvalue weighted by Gasteiger charge is -2.29. The summed E-state index contributed by atoms with van der Waals surface area (Å²) < 4.78 is 4.69. The van der Waals surface area contributed by atoms with Crippen LogP contribution < -0.4 is 5.73 Å². The molecule has 0 aliphatic carbocycles. The first-order valence-electron chi connectivity index (χ1n) is 6.28. The molecular formula is C13H28N2O2. The Kier molecular flexibility index (Phi) is 6.72. The van der Waals surface area contributed by atoms with Gasteiger partial charge >= 0.3 is 5.97 Å². The average molecular weight is 244 g/mol. The fraction of sp³-hybridized carbons (Fsp3) is 0.923. The summed E-state index contributed by atoms with van der Waals surface area (Å²) >= 11 is 0. The lowest BCUT2D eigenvalue weighted by molar-refractivity contribution is -0.146. The zero-order valence-electron chi connectivity index (χ0n) is 12.1. The van der Waals surface area contributed by atoms with E-state index >= 15 is 0 Å². The van der Waals surface area contributed by atoms with Gasteiger partial charge in [-0.15, -0.1) is 0 Å². The summed E-state index contributed by atoms with van der Waals surface area (Å²) in [4.78, 5) is 13.7. The molecule has 4 nitrogen and oxygen atoms in total. The number of hydrogen-bond donors (Lipinski definition) is 1. The van der Waals surface area contributed by atoms with Gasteiger partial charge in [0.05, 0.1) is 7.11 Å². The minimum Gasteiger partial charge on any atom is -0.468 e. The van der Waals surface area contributed by atoms with E-state index in [2.05, 4.69) is 37.5 Å². The second-order valence-electron chi connectivity index (χ2n) is 5.62. The van der Waals surface area contributed by atoms with Crippen LogP contribution in [0.3, 0.4) is 0 Å². The second kappa shape index (κ2) is 6.97. The number of nitrogens with two attached hydrogens (primary N) is 1. The Balaban J connectivity index is 4.14. The third-order valence-corrected chi connectivity index (χ3v) is 3.20. The topological polar surface area (TPSA) is 55.6 Å². The zero-order valence-corrected chi connectivity index (χ0v) is 12.1. The highest BCUT2D eigenvalue weighted by Crippen LogP contribution is 2.13. The monoisotopic (exact) mass is 244 g/mol. The molecule has 0 saturated heterocycles. The van der Waals surface area contributed by atoms with Crippen molar-refractivity contribution in [2.45, 2.75) is 52.1 Å². The smallest absolute Gasteiger partial charge is 0.325 e. The summed E-state index contributed by atoms with van der Waals surface area (Å²) in [5.41, 5.74) is 5.03. The number of carbonyl (C=O) groups excluding carboxylic acids is 1. The predicted octanol–water partition coefficient (Wildman–Crippen LogP) is 1.63. The molecule has 0 radical (unpaired) electrons. The van der Waals surface area contributed by atoms with Crippen LogP contribution in [0.4, 0.5) is 0 Å². The van der Waals surface area contributed by atoms with Gasteiger partial charge in [-0.3, -0.25) is 4.79 Å². The molecular weight excluding hydrogens is 216 g/mol. The molecule has 2 unspecified atom stereocenters. The summed E-state index contributed by atoms with van der Waals surface area (Å²) in [5.74, 6) is 0.333. The van der Waals surface area contributed by atoms with Crippen molar-refractivity contribution in [3.05, 3.63) is 0 Å². The van der Waals surface area contributed by atoms with Gasteiger partial charge in [0.2, 0.25) is 0 Å². The van der Waals surface area contributed by atoms with Crippen molar-refractivity contribution in [1.82, 2.24) is 4.90 Å². The molecule has 0 heterocycles. The van der Waals surface area contributed by atoms with Crippen molar-refractivity contribution < 1.29 is 9.53 Å². The SMILES string of the molecule is COC(=O)C(C)(N)CCN(C)C(C)CC(C)C. The normalized spacial score (nSPS) is 17.0. The van der Waals surface area contributed by atoms with Crippen LogP contribution in [0.2, 0.25) is 0 Å². The fourth-order valence-electron chi connectivity index (χ4n) is 1.83. The number of carbonyl (C=O) groups is 1. The largest absolute Gasteiger partial charge is 0.468 e. The van der Waals surface area contributed by atoms with Crippen molar-refractivity contribution in [2.75, 3.05) is 20.7 Å². The molecule has 2 atom stereocenters. The molecule has 0 spiro atoms. The molecule has 0 aliphatic heterocycles. The van der Waals surface area contributed by atoms with E-state index in [0.717, 1.165) is 13.0 Å². The quantitative estimate of drug-likeness (QED) is 0.692.